The topological polar surface area (TPSA) is 12.5 Å². The van der Waals surface area contributed by atoms with E-state index in [-0.39, 0.29) is 0 Å². The van der Waals surface area contributed by atoms with Crippen molar-refractivity contribution < 1.29 is 4.74 Å². The summed E-state index contributed by atoms with van der Waals surface area (Å²) in [5, 5.41) is 0. The average Bonchev–Trinajstić information content (AvgIpc) is 2.60. The van der Waals surface area contributed by atoms with Crippen LogP contribution in [0.15, 0.2) is 18.2 Å². The highest BCUT2D eigenvalue weighted by atomic mass is 16.5. The molecule has 1 aromatic rings. The minimum atomic E-state index is 0.368. The maximum atomic E-state index is 5.83. The van der Waals surface area contributed by atoms with Gasteiger partial charge in [-0.2, -0.15) is 0 Å². The van der Waals surface area contributed by atoms with Gasteiger partial charge >= 0.3 is 0 Å². The highest BCUT2D eigenvalue weighted by Gasteiger charge is 2.49. The molecule has 3 rings (SSSR count). The van der Waals surface area contributed by atoms with E-state index in [2.05, 4.69) is 51.8 Å². The molecule has 2 aliphatic rings. The van der Waals surface area contributed by atoms with Crippen LogP contribution in [0.4, 0.5) is 0 Å². The average molecular weight is 313 g/mol. The van der Waals surface area contributed by atoms with Crippen LogP contribution in [0, 0.1) is 5.92 Å². The second-order valence-electron chi connectivity index (χ2n) is 7.46. The van der Waals surface area contributed by atoms with Crippen LogP contribution in [0.25, 0.3) is 0 Å². The van der Waals surface area contributed by atoms with Gasteiger partial charge in [0.25, 0.3) is 0 Å². The lowest BCUT2D eigenvalue weighted by Gasteiger charge is -2.54. The van der Waals surface area contributed by atoms with Crippen LogP contribution in [0.3, 0.4) is 0 Å². The molecule has 0 radical (unpaired) electrons. The predicted octanol–water partition coefficient (Wildman–Crippen LogP) is 3.37. The number of ether oxygens (including phenoxy) is 1. The summed E-state index contributed by atoms with van der Waals surface area (Å²) in [6.07, 6.45) is 7.99. The predicted molar refractivity (Wildman–Crippen MR) is 100 cm³/mol. The Hall–Kier alpha value is -0.955. The fourth-order valence-corrected chi connectivity index (χ4v) is 5.31. The summed E-state index contributed by atoms with van der Waals surface area (Å²) in [7, 11) is 4.39. The third-order valence-electron chi connectivity index (χ3n) is 6.62. The van der Waals surface area contributed by atoms with Crippen molar-refractivity contribution in [1.82, 2.24) is 4.90 Å². The van der Waals surface area contributed by atoms with Gasteiger partial charge < -0.3 is 9.64 Å². The lowest BCUT2D eigenvalue weighted by Crippen LogP contribution is -2.54. The molecule has 0 aromatic heterocycles. The molecule has 0 bridgehead atoms. The second kappa shape index (κ2) is 6.89. The molecule has 3 atom stereocenters. The van der Waals surface area contributed by atoms with Crippen LogP contribution in [0.1, 0.15) is 57.1 Å². The van der Waals surface area contributed by atoms with E-state index in [4.69, 9.17) is 4.74 Å². The van der Waals surface area contributed by atoms with Crippen molar-refractivity contribution in [2.75, 3.05) is 20.1 Å². The zero-order chi connectivity index (χ0) is 16.4. The smallest absolute Gasteiger partial charge is 0.150 e. The van der Waals surface area contributed by atoms with E-state index in [9.17, 15) is 0 Å². The number of hydrogen-bond acceptors (Lipinski definition) is 2. The number of rotatable bonds is 5. The van der Waals surface area contributed by atoms with Gasteiger partial charge in [0.05, 0.1) is 6.51 Å². The first-order valence-electron chi connectivity index (χ1n) is 9.62. The van der Waals surface area contributed by atoms with Gasteiger partial charge in [0.1, 0.15) is 5.75 Å². The Morgan fingerprint density at radius 2 is 2.13 bits per heavy atom. The van der Waals surface area contributed by atoms with Gasteiger partial charge in [0.2, 0.25) is 0 Å². The van der Waals surface area contributed by atoms with Crippen LogP contribution >= 0.6 is 0 Å². The molecule has 2 aliphatic carbocycles. The van der Waals surface area contributed by atoms with E-state index in [1.807, 2.05) is 0 Å². The van der Waals surface area contributed by atoms with Crippen molar-refractivity contribution in [1.29, 1.82) is 0 Å². The molecule has 1 saturated carbocycles. The third-order valence-corrected chi connectivity index (χ3v) is 6.62. The normalized spacial score (nSPS) is 29.9. The van der Waals surface area contributed by atoms with Crippen LogP contribution in [-0.2, 0) is 11.8 Å². The summed E-state index contributed by atoms with van der Waals surface area (Å²) < 4.78 is 5.83. The Labute approximate surface area is 143 Å². The number of fused-ring (bicyclic) bond motifs is 3. The van der Waals surface area contributed by atoms with Gasteiger partial charge in [-0.05, 0) is 73.9 Å². The molecule has 126 valence electrons. The van der Waals surface area contributed by atoms with E-state index in [1.165, 1.54) is 38.5 Å². The number of likely N-dealkylation sites (N-methyl/N-ethyl adjacent to an activating group) is 1. The van der Waals surface area contributed by atoms with Gasteiger partial charge in [-0.1, -0.05) is 32.8 Å². The van der Waals surface area contributed by atoms with Crippen molar-refractivity contribution >= 4 is 7.85 Å². The second-order valence-corrected chi connectivity index (χ2v) is 7.46. The van der Waals surface area contributed by atoms with Crippen molar-refractivity contribution in [3.63, 3.8) is 0 Å². The van der Waals surface area contributed by atoms with Gasteiger partial charge in [0.15, 0.2) is 7.85 Å². The van der Waals surface area contributed by atoms with E-state index in [0.717, 1.165) is 24.7 Å². The number of benzene rings is 1. The molecular formula is C20H32BNO. The maximum absolute atomic E-state index is 5.83. The van der Waals surface area contributed by atoms with Crippen molar-refractivity contribution in [2.24, 2.45) is 5.92 Å². The molecule has 1 unspecified atom stereocenters. The Kier molecular flexibility index (Phi) is 5.06. The van der Waals surface area contributed by atoms with Crippen molar-refractivity contribution in [3.05, 3.63) is 29.3 Å². The summed E-state index contributed by atoms with van der Waals surface area (Å²) in [6.45, 7) is 6.60. The molecule has 0 heterocycles. The van der Waals surface area contributed by atoms with Crippen molar-refractivity contribution in [3.8, 4) is 5.75 Å². The van der Waals surface area contributed by atoms with E-state index in [1.54, 1.807) is 11.1 Å². The minimum absolute atomic E-state index is 0.368. The van der Waals surface area contributed by atoms with Crippen LogP contribution < -0.4 is 4.74 Å². The third kappa shape index (κ3) is 2.82. The molecule has 2 nitrogen and oxygen atoms in total. The van der Waals surface area contributed by atoms with Gasteiger partial charge in [-0.15, -0.1) is 0 Å². The molecule has 0 saturated heterocycles. The highest BCUT2D eigenvalue weighted by Crippen LogP contribution is 2.53. The molecular weight excluding hydrogens is 281 g/mol. The Morgan fingerprint density at radius 3 is 2.83 bits per heavy atom. The fourth-order valence-electron chi connectivity index (χ4n) is 5.31. The van der Waals surface area contributed by atoms with E-state index < -0.39 is 0 Å². The summed E-state index contributed by atoms with van der Waals surface area (Å²) >= 11 is 0. The standard InChI is InChI=1S/C20H32BNO/c1-4-20-11-7-6-8-17(20)19(22(3)5-2)12-15-9-10-16(23-14-21)13-18(15)20/h9-10,13,17,19H,4-8,11-12,14,21H2,1-3H3/t17?,19-,20+/m0/s1. The van der Waals surface area contributed by atoms with Crippen LogP contribution in [0.5, 0.6) is 5.75 Å². The summed E-state index contributed by atoms with van der Waals surface area (Å²) in [5.41, 5.74) is 3.54. The van der Waals surface area contributed by atoms with Gasteiger partial charge in [0, 0.05) is 6.04 Å². The molecule has 23 heavy (non-hydrogen) atoms. The van der Waals surface area contributed by atoms with Crippen LogP contribution in [-0.4, -0.2) is 38.9 Å². The van der Waals surface area contributed by atoms with E-state index in [0.29, 0.717) is 11.5 Å². The van der Waals surface area contributed by atoms with Crippen LogP contribution in [0.2, 0.25) is 0 Å². The molecule has 0 amide bonds. The molecule has 1 fully saturated rings. The zero-order valence-electron chi connectivity index (χ0n) is 15.4. The highest BCUT2D eigenvalue weighted by molar-refractivity contribution is 6.08. The SMILES string of the molecule is BCOc1ccc2c(c1)[C@]1(CC)CCCCC1[C@@H](N(C)CC)C2. The first kappa shape index (κ1) is 16.9. The Bertz CT molecular complexity index is 546. The largest absolute Gasteiger partial charge is 0.503 e. The summed E-state index contributed by atoms with van der Waals surface area (Å²) in [4.78, 5) is 2.60. The Morgan fingerprint density at radius 1 is 1.30 bits per heavy atom. The minimum Gasteiger partial charge on any atom is -0.503 e. The molecule has 1 aromatic carbocycles. The monoisotopic (exact) mass is 313 g/mol. The molecule has 0 N–H and O–H groups in total. The van der Waals surface area contributed by atoms with Gasteiger partial charge in [-0.3, -0.25) is 0 Å². The van der Waals surface area contributed by atoms with Crippen molar-refractivity contribution in [2.45, 2.75) is 63.8 Å². The summed E-state index contributed by atoms with van der Waals surface area (Å²) in [5.74, 6) is 1.86. The fraction of sp³-hybridized carbons (Fsp3) is 0.700. The zero-order valence-corrected chi connectivity index (χ0v) is 15.4. The first-order chi connectivity index (χ1) is 11.2. The number of nitrogens with zero attached hydrogens (tertiary/aromatic N) is 1. The molecule has 0 aliphatic heterocycles. The van der Waals surface area contributed by atoms with E-state index >= 15 is 0 Å². The maximum Gasteiger partial charge on any atom is 0.150 e. The van der Waals surface area contributed by atoms with Gasteiger partial charge in [-0.25, -0.2) is 0 Å². The summed E-state index contributed by atoms with van der Waals surface area (Å²) in [6, 6.07) is 7.60. The lowest BCUT2D eigenvalue weighted by molar-refractivity contribution is 0.0583. The quantitative estimate of drug-likeness (QED) is 0.773. The first-order valence-corrected chi connectivity index (χ1v) is 9.62. The molecule has 0 spiro atoms. The number of hydrogen-bond donors (Lipinski definition) is 0. The molecule has 3 heteroatoms. The Balaban J connectivity index is 2.08. The lowest BCUT2D eigenvalue weighted by atomic mass is 9.54.